The molecule has 2 aromatic carbocycles. The molecule has 0 atom stereocenters. The summed E-state index contributed by atoms with van der Waals surface area (Å²) in [6.45, 7) is 3.77. The van der Waals surface area contributed by atoms with Crippen molar-refractivity contribution in [2.45, 2.75) is 57.9 Å². The number of nitrogens with one attached hydrogen (secondary N) is 3. The molecule has 1 aliphatic heterocycles. The molecule has 3 rings (SSSR count). The minimum atomic E-state index is -0.383. The molecule has 1 aliphatic rings. The number of piperidine rings is 1. The van der Waals surface area contributed by atoms with E-state index in [-0.39, 0.29) is 24.1 Å². The van der Waals surface area contributed by atoms with E-state index in [1.54, 1.807) is 41.3 Å². The Morgan fingerprint density at radius 2 is 1.60 bits per heavy atom. The fourth-order valence-electron chi connectivity index (χ4n) is 4.01. The van der Waals surface area contributed by atoms with Gasteiger partial charge in [0.1, 0.15) is 5.75 Å². The molecule has 2 aromatic rings. The zero-order chi connectivity index (χ0) is 24.9. The van der Waals surface area contributed by atoms with Crippen molar-refractivity contribution in [2.75, 3.05) is 25.0 Å². The third-order valence-electron chi connectivity index (χ3n) is 6.02. The zero-order valence-electron chi connectivity index (χ0n) is 20.4. The van der Waals surface area contributed by atoms with Crippen molar-refractivity contribution in [1.82, 2.24) is 15.5 Å². The molecule has 0 aliphatic carbocycles. The standard InChI is InChI=1S/C27H36N4O4/c1-2-3-4-5-11-18-28-26(33)30-24-15-10-9-14-23(24)25(32)29-21-16-19-31(20-17-21)27(34)35-22-12-7-6-8-13-22/h6-10,12-15,21H,2-5,11,16-20H2,1H3,(H,29,32)(H2,28,30,33). The minimum absolute atomic E-state index is 0.0618. The van der Waals surface area contributed by atoms with Gasteiger partial charge in [0.05, 0.1) is 11.3 Å². The number of likely N-dealkylation sites (tertiary alicyclic amines) is 1. The van der Waals surface area contributed by atoms with Gasteiger partial charge < -0.3 is 25.6 Å². The number of ether oxygens (including phenoxy) is 1. The van der Waals surface area contributed by atoms with Crippen LogP contribution in [0.15, 0.2) is 54.6 Å². The highest BCUT2D eigenvalue weighted by Crippen LogP contribution is 2.18. The van der Waals surface area contributed by atoms with Gasteiger partial charge in [-0.05, 0) is 43.5 Å². The Labute approximate surface area is 207 Å². The Morgan fingerprint density at radius 3 is 2.34 bits per heavy atom. The average molecular weight is 481 g/mol. The molecule has 35 heavy (non-hydrogen) atoms. The molecule has 1 saturated heterocycles. The molecule has 1 heterocycles. The van der Waals surface area contributed by atoms with E-state index in [1.165, 1.54) is 19.3 Å². The number of hydrogen-bond acceptors (Lipinski definition) is 4. The van der Waals surface area contributed by atoms with E-state index < -0.39 is 0 Å². The van der Waals surface area contributed by atoms with Crippen LogP contribution in [0.1, 0.15) is 62.2 Å². The van der Waals surface area contributed by atoms with E-state index >= 15 is 0 Å². The summed E-state index contributed by atoms with van der Waals surface area (Å²) in [5.41, 5.74) is 0.883. The van der Waals surface area contributed by atoms with Crippen molar-refractivity contribution in [1.29, 1.82) is 0 Å². The number of nitrogens with zero attached hydrogens (tertiary/aromatic N) is 1. The van der Waals surface area contributed by atoms with E-state index in [0.717, 1.165) is 12.8 Å². The maximum absolute atomic E-state index is 12.9. The second-order valence-electron chi connectivity index (χ2n) is 8.76. The van der Waals surface area contributed by atoms with Crippen molar-refractivity contribution in [3.8, 4) is 5.75 Å². The predicted octanol–water partition coefficient (Wildman–Crippen LogP) is 5.17. The molecule has 0 bridgehead atoms. The smallest absolute Gasteiger partial charge is 0.410 e. The van der Waals surface area contributed by atoms with Crippen molar-refractivity contribution >= 4 is 23.7 Å². The van der Waals surface area contributed by atoms with Crippen LogP contribution < -0.4 is 20.7 Å². The van der Waals surface area contributed by atoms with Gasteiger partial charge in [-0.3, -0.25) is 4.79 Å². The van der Waals surface area contributed by atoms with E-state index in [1.807, 2.05) is 18.2 Å². The van der Waals surface area contributed by atoms with Gasteiger partial charge in [0.15, 0.2) is 0 Å². The van der Waals surface area contributed by atoms with Crippen molar-refractivity contribution in [3.63, 3.8) is 0 Å². The second kappa shape index (κ2) is 14.0. The third-order valence-corrected chi connectivity index (χ3v) is 6.02. The number of carbonyl (C=O) groups excluding carboxylic acids is 3. The number of benzene rings is 2. The van der Waals surface area contributed by atoms with Crippen LogP contribution in [0.2, 0.25) is 0 Å². The van der Waals surface area contributed by atoms with Crippen LogP contribution >= 0.6 is 0 Å². The molecule has 3 N–H and O–H groups in total. The number of unbranched alkanes of at least 4 members (excludes halogenated alkanes) is 4. The van der Waals surface area contributed by atoms with Gasteiger partial charge in [0, 0.05) is 25.7 Å². The van der Waals surface area contributed by atoms with E-state index in [2.05, 4.69) is 22.9 Å². The van der Waals surface area contributed by atoms with E-state index in [0.29, 0.717) is 49.5 Å². The van der Waals surface area contributed by atoms with Crippen molar-refractivity contribution < 1.29 is 19.1 Å². The highest BCUT2D eigenvalue weighted by molar-refractivity contribution is 6.03. The van der Waals surface area contributed by atoms with Crippen LogP contribution in [0.5, 0.6) is 5.75 Å². The molecule has 0 saturated carbocycles. The lowest BCUT2D eigenvalue weighted by Gasteiger charge is -2.31. The van der Waals surface area contributed by atoms with Crippen LogP contribution in [0.4, 0.5) is 15.3 Å². The van der Waals surface area contributed by atoms with Gasteiger partial charge in [-0.2, -0.15) is 0 Å². The molecule has 1 fully saturated rings. The van der Waals surface area contributed by atoms with Crippen molar-refractivity contribution in [2.24, 2.45) is 0 Å². The normalized spacial score (nSPS) is 13.7. The highest BCUT2D eigenvalue weighted by atomic mass is 16.6. The van der Waals surface area contributed by atoms with E-state index in [4.69, 9.17) is 4.74 Å². The molecule has 0 unspecified atom stereocenters. The summed E-state index contributed by atoms with van der Waals surface area (Å²) in [5, 5.41) is 8.69. The van der Waals surface area contributed by atoms with Gasteiger partial charge in [-0.15, -0.1) is 0 Å². The molecule has 188 valence electrons. The van der Waals surface area contributed by atoms with Gasteiger partial charge in [-0.1, -0.05) is 62.9 Å². The maximum atomic E-state index is 12.9. The van der Waals surface area contributed by atoms with Gasteiger partial charge in [0.2, 0.25) is 0 Å². The lowest BCUT2D eigenvalue weighted by atomic mass is 10.0. The van der Waals surface area contributed by atoms with Gasteiger partial charge in [-0.25, -0.2) is 9.59 Å². The highest BCUT2D eigenvalue weighted by Gasteiger charge is 2.26. The maximum Gasteiger partial charge on any atom is 0.415 e. The predicted molar refractivity (Wildman–Crippen MR) is 137 cm³/mol. The summed E-state index contributed by atoms with van der Waals surface area (Å²) in [5.74, 6) is 0.267. The van der Waals surface area contributed by atoms with Gasteiger partial charge >= 0.3 is 12.1 Å². The largest absolute Gasteiger partial charge is 0.415 e. The molecule has 8 heteroatoms. The Morgan fingerprint density at radius 1 is 0.914 bits per heavy atom. The van der Waals surface area contributed by atoms with Crippen LogP contribution in [0.3, 0.4) is 0 Å². The first-order valence-electron chi connectivity index (χ1n) is 12.5. The lowest BCUT2D eigenvalue weighted by molar-refractivity contribution is 0.0910. The average Bonchev–Trinajstić information content (AvgIpc) is 2.87. The Kier molecular flexibility index (Phi) is 10.4. The number of anilines is 1. The number of rotatable bonds is 10. The Bertz CT molecular complexity index is 959. The van der Waals surface area contributed by atoms with Crippen LogP contribution in [-0.4, -0.2) is 48.6 Å². The Balaban J connectivity index is 1.44. The molecular formula is C27H36N4O4. The Hall–Kier alpha value is -3.55. The molecule has 4 amide bonds. The topological polar surface area (TPSA) is 99.8 Å². The number of hydrogen-bond donors (Lipinski definition) is 3. The first-order valence-corrected chi connectivity index (χ1v) is 12.5. The van der Waals surface area contributed by atoms with Crippen LogP contribution in [0.25, 0.3) is 0 Å². The zero-order valence-corrected chi connectivity index (χ0v) is 20.4. The summed E-state index contributed by atoms with van der Waals surface area (Å²) in [6.07, 6.45) is 6.48. The van der Waals surface area contributed by atoms with Crippen LogP contribution in [-0.2, 0) is 0 Å². The third kappa shape index (κ3) is 8.63. The number of urea groups is 1. The monoisotopic (exact) mass is 480 g/mol. The summed E-state index contributed by atoms with van der Waals surface area (Å²) in [6, 6.07) is 15.6. The SMILES string of the molecule is CCCCCCCNC(=O)Nc1ccccc1C(=O)NC1CCN(C(=O)Oc2ccccc2)CC1. The summed E-state index contributed by atoms with van der Waals surface area (Å²) in [4.78, 5) is 39.3. The number of para-hydroxylation sites is 2. The van der Waals surface area contributed by atoms with Gasteiger partial charge in [0.25, 0.3) is 5.91 Å². The summed E-state index contributed by atoms with van der Waals surface area (Å²) >= 11 is 0. The first-order chi connectivity index (χ1) is 17.1. The quantitative estimate of drug-likeness (QED) is 0.408. The summed E-state index contributed by atoms with van der Waals surface area (Å²) < 4.78 is 5.40. The van der Waals surface area contributed by atoms with Crippen molar-refractivity contribution in [3.05, 3.63) is 60.2 Å². The molecule has 0 spiro atoms. The van der Waals surface area contributed by atoms with Crippen LogP contribution in [0, 0.1) is 0 Å². The fourth-order valence-corrected chi connectivity index (χ4v) is 4.01. The molecule has 8 nitrogen and oxygen atoms in total. The first kappa shape index (κ1) is 26.1. The molecular weight excluding hydrogens is 444 g/mol. The number of carbonyl (C=O) groups is 3. The van der Waals surface area contributed by atoms with E-state index in [9.17, 15) is 14.4 Å². The minimum Gasteiger partial charge on any atom is -0.410 e. The molecule has 0 radical (unpaired) electrons. The second-order valence-corrected chi connectivity index (χ2v) is 8.76. The fraction of sp³-hybridized carbons (Fsp3) is 0.444. The molecule has 0 aromatic heterocycles. The lowest BCUT2D eigenvalue weighted by Crippen LogP contribution is -2.47. The number of amides is 4. The summed E-state index contributed by atoms with van der Waals surface area (Å²) in [7, 11) is 0.